The lowest BCUT2D eigenvalue weighted by Crippen LogP contribution is -2.55. The number of piperidine rings is 1. The summed E-state index contributed by atoms with van der Waals surface area (Å²) in [7, 11) is -3.31. The normalized spacial score (nSPS) is 33.7. The van der Waals surface area contributed by atoms with Crippen LogP contribution in [0.1, 0.15) is 74.5 Å². The number of fused-ring (bicyclic) bond motifs is 2. The van der Waals surface area contributed by atoms with Crippen molar-refractivity contribution in [2.24, 2.45) is 5.73 Å². The van der Waals surface area contributed by atoms with Gasteiger partial charge in [0.15, 0.2) is 5.69 Å². The Morgan fingerprint density at radius 1 is 1.21 bits per heavy atom. The van der Waals surface area contributed by atoms with E-state index in [9.17, 15) is 13.2 Å². The Bertz CT molecular complexity index is 802. The van der Waals surface area contributed by atoms with Crippen LogP contribution in [-0.2, 0) is 16.4 Å². The molecule has 0 spiro atoms. The lowest BCUT2D eigenvalue weighted by atomic mass is 9.96. The van der Waals surface area contributed by atoms with Crippen LogP contribution in [0.15, 0.2) is 10.6 Å². The van der Waals surface area contributed by atoms with Crippen LogP contribution in [0.3, 0.4) is 0 Å². The number of aromatic nitrogens is 1. The Balaban J connectivity index is 1.41. The minimum Gasteiger partial charge on any atom is -0.361 e. The number of amides is 1. The van der Waals surface area contributed by atoms with Gasteiger partial charge in [-0.05, 0) is 51.4 Å². The summed E-state index contributed by atoms with van der Waals surface area (Å²) >= 11 is 0. The maximum Gasteiger partial charge on any atom is 0.273 e. The van der Waals surface area contributed by atoms with Gasteiger partial charge in [0.05, 0.1) is 5.25 Å². The Morgan fingerprint density at radius 3 is 2.43 bits per heavy atom. The highest BCUT2D eigenvalue weighted by molar-refractivity contribution is 7.89. The van der Waals surface area contributed by atoms with Crippen molar-refractivity contribution in [3.63, 3.8) is 0 Å². The average molecular weight is 411 g/mol. The van der Waals surface area contributed by atoms with Gasteiger partial charge < -0.3 is 15.6 Å². The molecular weight excluding hydrogens is 380 g/mol. The van der Waals surface area contributed by atoms with Crippen LogP contribution < -0.4 is 11.1 Å². The smallest absolute Gasteiger partial charge is 0.273 e. The molecule has 2 bridgehead atoms. The molecule has 0 unspecified atom stereocenters. The van der Waals surface area contributed by atoms with Crippen molar-refractivity contribution in [1.82, 2.24) is 14.8 Å². The van der Waals surface area contributed by atoms with Crippen LogP contribution in [0.25, 0.3) is 0 Å². The molecule has 2 aliphatic heterocycles. The Labute approximate surface area is 166 Å². The molecule has 28 heavy (non-hydrogen) atoms. The largest absolute Gasteiger partial charge is 0.361 e. The SMILES string of the molecule is CCc1cc(C(=O)NC2C[C@@H]3CC[C@@H](C2)N3S(=O)(=O)C2CCC(N)CC2)no1. The molecule has 1 aliphatic carbocycles. The van der Waals surface area contributed by atoms with Crippen LogP contribution in [0, 0.1) is 0 Å². The monoisotopic (exact) mass is 410 g/mol. The third-order valence-electron chi connectivity index (χ3n) is 6.58. The number of carbonyl (C=O) groups excluding carboxylic acids is 1. The third kappa shape index (κ3) is 3.71. The highest BCUT2D eigenvalue weighted by atomic mass is 32.2. The molecular formula is C19H30N4O4S. The fraction of sp³-hybridized carbons (Fsp3) is 0.789. The zero-order chi connectivity index (χ0) is 19.9. The second kappa shape index (κ2) is 7.76. The van der Waals surface area contributed by atoms with Gasteiger partial charge in [-0.15, -0.1) is 0 Å². The molecule has 3 N–H and O–H groups in total. The molecule has 2 saturated heterocycles. The standard InChI is InChI=1S/C19H30N4O4S/c1-2-16-11-18(22-27-16)19(24)21-13-9-14-5-6-15(10-13)23(14)28(25,26)17-7-3-12(20)4-8-17/h11-15,17H,2-10,20H2,1H3,(H,21,24)/t12?,14-,15-,17?/m0/s1. The highest BCUT2D eigenvalue weighted by Gasteiger charge is 2.49. The number of rotatable bonds is 5. The topological polar surface area (TPSA) is 119 Å². The van der Waals surface area contributed by atoms with E-state index in [1.54, 1.807) is 10.4 Å². The van der Waals surface area contributed by atoms with Crippen molar-refractivity contribution in [3.8, 4) is 0 Å². The van der Waals surface area contributed by atoms with Crippen LogP contribution >= 0.6 is 0 Å². The maximum atomic E-state index is 13.3. The van der Waals surface area contributed by atoms with Crippen molar-refractivity contribution in [2.75, 3.05) is 0 Å². The lowest BCUT2D eigenvalue weighted by molar-refractivity contribution is 0.0899. The summed E-state index contributed by atoms with van der Waals surface area (Å²) in [4.78, 5) is 12.5. The molecule has 1 aromatic rings. The molecule has 3 heterocycles. The fourth-order valence-electron chi connectivity index (χ4n) is 5.07. The van der Waals surface area contributed by atoms with Crippen molar-refractivity contribution in [3.05, 3.63) is 17.5 Å². The number of aryl methyl sites for hydroxylation is 1. The Hall–Kier alpha value is -1.45. The van der Waals surface area contributed by atoms with Gasteiger partial charge in [-0.3, -0.25) is 4.79 Å². The predicted octanol–water partition coefficient (Wildman–Crippen LogP) is 1.56. The molecule has 9 heteroatoms. The van der Waals surface area contributed by atoms with E-state index in [4.69, 9.17) is 10.3 Å². The van der Waals surface area contributed by atoms with Gasteiger partial charge in [-0.2, -0.15) is 4.31 Å². The van der Waals surface area contributed by atoms with E-state index in [-0.39, 0.29) is 41.0 Å². The van der Waals surface area contributed by atoms with Gasteiger partial charge in [0.2, 0.25) is 10.0 Å². The first-order chi connectivity index (χ1) is 13.4. The molecule has 8 nitrogen and oxygen atoms in total. The van der Waals surface area contributed by atoms with E-state index in [0.29, 0.717) is 37.9 Å². The summed E-state index contributed by atoms with van der Waals surface area (Å²) in [5.74, 6) is 0.434. The summed E-state index contributed by atoms with van der Waals surface area (Å²) in [5.41, 5.74) is 6.24. The predicted molar refractivity (Wildman–Crippen MR) is 104 cm³/mol. The van der Waals surface area contributed by atoms with Crippen molar-refractivity contribution in [2.45, 2.75) is 94.1 Å². The average Bonchev–Trinajstić information content (AvgIpc) is 3.25. The van der Waals surface area contributed by atoms with Gasteiger partial charge in [-0.1, -0.05) is 12.1 Å². The van der Waals surface area contributed by atoms with E-state index in [1.807, 2.05) is 6.92 Å². The minimum absolute atomic E-state index is 0.0202. The van der Waals surface area contributed by atoms with E-state index < -0.39 is 10.0 Å². The van der Waals surface area contributed by atoms with E-state index >= 15 is 0 Å². The number of hydrogen-bond acceptors (Lipinski definition) is 6. The number of nitrogens with zero attached hydrogens (tertiary/aromatic N) is 2. The van der Waals surface area contributed by atoms with Crippen LogP contribution in [0.4, 0.5) is 0 Å². The van der Waals surface area contributed by atoms with Gasteiger partial charge in [0.25, 0.3) is 5.91 Å². The zero-order valence-electron chi connectivity index (χ0n) is 16.3. The minimum atomic E-state index is -3.31. The second-order valence-corrected chi connectivity index (χ2v) is 10.6. The van der Waals surface area contributed by atoms with Gasteiger partial charge in [0.1, 0.15) is 5.76 Å². The fourth-order valence-corrected chi connectivity index (χ4v) is 7.50. The molecule has 3 fully saturated rings. The van der Waals surface area contributed by atoms with Crippen molar-refractivity contribution < 1.29 is 17.7 Å². The molecule has 2 atom stereocenters. The summed E-state index contributed by atoms with van der Waals surface area (Å²) in [6.45, 7) is 1.94. The molecule has 0 aromatic carbocycles. The van der Waals surface area contributed by atoms with Crippen molar-refractivity contribution in [1.29, 1.82) is 0 Å². The third-order valence-corrected chi connectivity index (χ3v) is 9.07. The molecule has 0 radical (unpaired) electrons. The zero-order valence-corrected chi connectivity index (χ0v) is 17.2. The van der Waals surface area contributed by atoms with Crippen LogP contribution in [-0.4, -0.2) is 53.2 Å². The second-order valence-electron chi connectivity index (χ2n) is 8.47. The van der Waals surface area contributed by atoms with E-state index in [1.165, 1.54) is 0 Å². The molecule has 4 rings (SSSR count). The van der Waals surface area contributed by atoms with Gasteiger partial charge in [-0.25, -0.2) is 8.42 Å². The van der Waals surface area contributed by atoms with Gasteiger partial charge >= 0.3 is 0 Å². The first-order valence-electron chi connectivity index (χ1n) is 10.4. The number of hydrogen-bond donors (Lipinski definition) is 2. The Morgan fingerprint density at radius 2 is 1.86 bits per heavy atom. The molecule has 1 aromatic heterocycles. The first kappa shape index (κ1) is 19.8. The first-order valence-corrected chi connectivity index (χ1v) is 11.9. The summed E-state index contributed by atoms with van der Waals surface area (Å²) in [5, 5.41) is 6.55. The molecule has 156 valence electrons. The number of nitrogens with two attached hydrogens (primary N) is 1. The molecule has 1 amide bonds. The van der Waals surface area contributed by atoms with Gasteiger partial charge in [0, 0.05) is 36.7 Å². The highest BCUT2D eigenvalue weighted by Crippen LogP contribution is 2.40. The number of sulfonamides is 1. The van der Waals surface area contributed by atoms with E-state index in [0.717, 1.165) is 25.7 Å². The molecule has 1 saturated carbocycles. The quantitative estimate of drug-likeness (QED) is 0.760. The summed E-state index contributed by atoms with van der Waals surface area (Å²) < 4.78 is 33.4. The van der Waals surface area contributed by atoms with Crippen molar-refractivity contribution >= 4 is 15.9 Å². The number of carbonyl (C=O) groups is 1. The Kier molecular flexibility index (Phi) is 5.50. The van der Waals surface area contributed by atoms with Crippen LogP contribution in [0.5, 0.6) is 0 Å². The number of nitrogens with one attached hydrogen (secondary N) is 1. The maximum absolute atomic E-state index is 13.3. The lowest BCUT2D eigenvalue weighted by Gasteiger charge is -2.40. The van der Waals surface area contributed by atoms with E-state index in [2.05, 4.69) is 10.5 Å². The molecule has 3 aliphatic rings. The summed E-state index contributed by atoms with van der Waals surface area (Å²) in [6, 6.07) is 1.73. The van der Waals surface area contributed by atoms with Crippen LogP contribution in [0.2, 0.25) is 0 Å². The summed E-state index contributed by atoms with van der Waals surface area (Å²) in [6.07, 6.45) is 6.62.